The molecule has 19 heavy (non-hydrogen) atoms. The second-order valence-electron chi connectivity index (χ2n) is 3.13. The third kappa shape index (κ3) is 2.72. The van der Waals surface area contributed by atoms with Gasteiger partial charge in [-0.15, -0.1) is 0 Å². The number of nitro benzene ring substituents is 3. The van der Waals surface area contributed by atoms with E-state index < -0.39 is 43.6 Å². The molecule has 0 aliphatic carbocycles. The molecule has 0 fully saturated rings. The summed E-state index contributed by atoms with van der Waals surface area (Å²) in [5.41, 5.74) is -6.40. The monoisotopic (exact) mass is 281 g/mol. The third-order valence-electron chi connectivity index (χ3n) is 1.99. The highest BCUT2D eigenvalue weighted by Crippen LogP contribution is 2.42. The highest BCUT2D eigenvalue weighted by atomic mass is 19.4. The minimum Gasteiger partial charge on any atom is -0.258 e. The van der Waals surface area contributed by atoms with E-state index in [-0.39, 0.29) is 12.1 Å². The first-order chi connectivity index (χ1) is 8.55. The molecule has 12 heteroatoms. The number of rotatable bonds is 3. The summed E-state index contributed by atoms with van der Waals surface area (Å²) < 4.78 is 37.5. The van der Waals surface area contributed by atoms with Gasteiger partial charge in [0.2, 0.25) is 0 Å². The summed E-state index contributed by atoms with van der Waals surface area (Å²) in [6, 6.07) is -0.308. The van der Waals surface area contributed by atoms with Gasteiger partial charge in [-0.3, -0.25) is 30.3 Å². The Hall–Kier alpha value is -2.79. The highest BCUT2D eigenvalue weighted by Gasteiger charge is 2.43. The van der Waals surface area contributed by atoms with Crippen molar-refractivity contribution in [3.63, 3.8) is 0 Å². The largest absolute Gasteiger partial charge is 0.423 e. The molecule has 0 amide bonds. The van der Waals surface area contributed by atoms with E-state index in [9.17, 15) is 43.5 Å². The first-order valence-electron chi connectivity index (χ1n) is 4.24. The van der Waals surface area contributed by atoms with E-state index in [2.05, 4.69) is 0 Å². The van der Waals surface area contributed by atoms with E-state index in [1.807, 2.05) is 0 Å². The van der Waals surface area contributed by atoms with Crippen LogP contribution in [0.15, 0.2) is 12.1 Å². The van der Waals surface area contributed by atoms with Crippen LogP contribution in [0, 0.1) is 30.3 Å². The zero-order chi connectivity index (χ0) is 15.0. The molecule has 0 radical (unpaired) electrons. The minimum absolute atomic E-state index is 0.0824. The molecule has 0 bridgehead atoms. The molecule has 1 rings (SSSR count). The predicted octanol–water partition coefficient (Wildman–Crippen LogP) is 2.43. The van der Waals surface area contributed by atoms with Crippen LogP contribution in [0.3, 0.4) is 0 Å². The van der Waals surface area contributed by atoms with Gasteiger partial charge in [-0.1, -0.05) is 0 Å². The third-order valence-corrected chi connectivity index (χ3v) is 1.99. The predicted molar refractivity (Wildman–Crippen MR) is 51.4 cm³/mol. The Morgan fingerprint density at radius 3 is 1.47 bits per heavy atom. The van der Waals surface area contributed by atoms with Crippen molar-refractivity contribution in [3.05, 3.63) is 48.0 Å². The van der Waals surface area contributed by atoms with Gasteiger partial charge in [0.15, 0.2) is 0 Å². The maximum Gasteiger partial charge on any atom is 0.423 e. The molecule has 0 aliphatic heterocycles. The minimum atomic E-state index is -5.25. The summed E-state index contributed by atoms with van der Waals surface area (Å²) in [7, 11) is 0. The van der Waals surface area contributed by atoms with E-state index in [1.165, 1.54) is 0 Å². The van der Waals surface area contributed by atoms with E-state index in [0.717, 1.165) is 0 Å². The molecule has 9 nitrogen and oxygen atoms in total. The second-order valence-corrected chi connectivity index (χ2v) is 3.13. The molecule has 102 valence electrons. The molecular weight excluding hydrogens is 279 g/mol. The normalized spacial score (nSPS) is 11.1. The first kappa shape index (κ1) is 14.3. The second kappa shape index (κ2) is 4.47. The van der Waals surface area contributed by atoms with E-state index in [0.29, 0.717) is 0 Å². The van der Waals surface area contributed by atoms with Gasteiger partial charge in [-0.05, 0) is 0 Å². The van der Waals surface area contributed by atoms with E-state index >= 15 is 0 Å². The molecule has 0 N–H and O–H groups in total. The summed E-state index contributed by atoms with van der Waals surface area (Å²) in [6.45, 7) is 0. The zero-order valence-electron chi connectivity index (χ0n) is 8.58. The molecule has 0 unspecified atom stereocenters. The van der Waals surface area contributed by atoms with Crippen LogP contribution in [-0.4, -0.2) is 14.8 Å². The van der Waals surface area contributed by atoms with Gasteiger partial charge in [0, 0.05) is 6.07 Å². The fourth-order valence-corrected chi connectivity index (χ4v) is 1.24. The lowest BCUT2D eigenvalue weighted by molar-refractivity contribution is -0.425. The number of nitrogens with zero attached hydrogens (tertiary/aromatic N) is 3. The molecule has 0 aliphatic rings. The van der Waals surface area contributed by atoms with Crippen molar-refractivity contribution in [2.45, 2.75) is 6.18 Å². The number of alkyl halides is 3. The molecular formula is C7H2F3N3O6. The lowest BCUT2D eigenvalue weighted by Gasteiger charge is -2.07. The Kier molecular flexibility index (Phi) is 3.36. The molecule has 0 heterocycles. The summed E-state index contributed by atoms with van der Waals surface area (Å²) in [5, 5.41) is 31.3. The Morgan fingerprint density at radius 1 is 0.789 bits per heavy atom. The molecule has 1 aromatic carbocycles. The number of hydrogen-bond acceptors (Lipinski definition) is 6. The van der Waals surface area contributed by atoms with Crippen LogP contribution in [0.5, 0.6) is 0 Å². The highest BCUT2D eigenvalue weighted by molar-refractivity contribution is 5.62. The maximum absolute atomic E-state index is 12.5. The molecule has 0 spiro atoms. The van der Waals surface area contributed by atoms with Gasteiger partial charge in [0.1, 0.15) is 11.6 Å². The summed E-state index contributed by atoms with van der Waals surface area (Å²) in [5.74, 6) is 0. The van der Waals surface area contributed by atoms with Crippen molar-refractivity contribution in [1.82, 2.24) is 0 Å². The summed E-state index contributed by atoms with van der Waals surface area (Å²) in [6.07, 6.45) is -5.25. The zero-order valence-corrected chi connectivity index (χ0v) is 8.58. The van der Waals surface area contributed by atoms with Gasteiger partial charge in [0.05, 0.1) is 14.8 Å². The Balaban J connectivity index is 3.75. The molecule has 0 saturated heterocycles. The van der Waals surface area contributed by atoms with E-state index in [1.54, 1.807) is 0 Å². The Morgan fingerprint density at radius 2 is 1.16 bits per heavy atom. The number of halogens is 3. The van der Waals surface area contributed by atoms with Crippen molar-refractivity contribution < 1.29 is 27.9 Å². The summed E-state index contributed by atoms with van der Waals surface area (Å²) in [4.78, 5) is 27.1. The van der Waals surface area contributed by atoms with Crippen LogP contribution >= 0.6 is 0 Å². The van der Waals surface area contributed by atoms with Crippen LogP contribution in [0.2, 0.25) is 0 Å². The average Bonchev–Trinajstić information content (AvgIpc) is 2.25. The van der Waals surface area contributed by atoms with Crippen LogP contribution in [-0.2, 0) is 6.18 Å². The van der Waals surface area contributed by atoms with E-state index in [4.69, 9.17) is 0 Å². The van der Waals surface area contributed by atoms with Gasteiger partial charge < -0.3 is 0 Å². The van der Waals surface area contributed by atoms with Gasteiger partial charge >= 0.3 is 17.6 Å². The van der Waals surface area contributed by atoms with Crippen LogP contribution in [0.4, 0.5) is 30.2 Å². The quantitative estimate of drug-likeness (QED) is 0.617. The van der Waals surface area contributed by atoms with Gasteiger partial charge in [-0.2, -0.15) is 13.2 Å². The van der Waals surface area contributed by atoms with Crippen LogP contribution in [0.25, 0.3) is 0 Å². The molecule has 0 atom stereocenters. The lowest BCUT2D eigenvalue weighted by atomic mass is 10.1. The molecule has 1 aromatic rings. The SMILES string of the molecule is O=[N+]([O-])c1cc([N+](=O)[O-])c(C(F)(F)F)cc1[N+](=O)[O-]. The fourth-order valence-electron chi connectivity index (χ4n) is 1.24. The summed E-state index contributed by atoms with van der Waals surface area (Å²) >= 11 is 0. The Labute approximate surface area is 100 Å². The first-order valence-corrected chi connectivity index (χ1v) is 4.24. The van der Waals surface area contributed by atoms with Crippen LogP contribution in [0.1, 0.15) is 5.56 Å². The smallest absolute Gasteiger partial charge is 0.258 e. The standard InChI is InChI=1S/C7H2F3N3O6/c8-7(9,10)3-1-5(12(16)17)6(13(18)19)2-4(3)11(14)15/h1-2H. The van der Waals surface area contributed by atoms with Crippen molar-refractivity contribution in [1.29, 1.82) is 0 Å². The maximum atomic E-state index is 12.5. The molecule has 0 aromatic heterocycles. The van der Waals surface area contributed by atoms with Crippen molar-refractivity contribution in [3.8, 4) is 0 Å². The van der Waals surface area contributed by atoms with Crippen molar-refractivity contribution in [2.75, 3.05) is 0 Å². The number of hydrogen-bond donors (Lipinski definition) is 0. The number of benzene rings is 1. The van der Waals surface area contributed by atoms with Crippen LogP contribution < -0.4 is 0 Å². The lowest BCUT2D eigenvalue weighted by Crippen LogP contribution is -2.10. The topological polar surface area (TPSA) is 129 Å². The van der Waals surface area contributed by atoms with Gasteiger partial charge in [0.25, 0.3) is 5.69 Å². The average molecular weight is 281 g/mol. The van der Waals surface area contributed by atoms with Crippen molar-refractivity contribution >= 4 is 17.1 Å². The molecule has 0 saturated carbocycles. The Bertz CT molecular complexity index is 584. The number of nitro groups is 3. The fraction of sp³-hybridized carbons (Fsp3) is 0.143. The van der Waals surface area contributed by atoms with Crippen molar-refractivity contribution in [2.24, 2.45) is 0 Å². The van der Waals surface area contributed by atoms with Gasteiger partial charge in [-0.25, -0.2) is 0 Å².